The topological polar surface area (TPSA) is 55.9 Å². The number of carbonyl (C=O) groups excluding carboxylic acids is 2. The molecule has 1 saturated heterocycles. The summed E-state index contributed by atoms with van der Waals surface area (Å²) in [5, 5.41) is 3.13. The summed E-state index contributed by atoms with van der Waals surface area (Å²) in [4.78, 5) is 30.0. The predicted molar refractivity (Wildman–Crippen MR) is 91.4 cm³/mol. The third-order valence-corrected chi connectivity index (χ3v) is 4.15. The number of carbonyl (C=O) groups is 2. The lowest BCUT2D eigenvalue weighted by molar-refractivity contribution is -0.130. The smallest absolute Gasteiger partial charge is 0.320 e. The molecule has 1 aliphatic rings. The number of hydrogen-bond donors (Lipinski definition) is 1. The van der Waals surface area contributed by atoms with Gasteiger partial charge < -0.3 is 20.0 Å². The zero-order valence-electron chi connectivity index (χ0n) is 14.0. The fraction of sp³-hybridized carbons (Fsp3) is 0.529. The van der Waals surface area contributed by atoms with Crippen LogP contribution in [-0.2, 0) is 4.79 Å². The molecule has 1 N–H and O–H groups in total. The van der Waals surface area contributed by atoms with Crippen LogP contribution in [0.25, 0.3) is 0 Å². The van der Waals surface area contributed by atoms with E-state index in [4.69, 9.17) is 0 Å². The van der Waals surface area contributed by atoms with Crippen LogP contribution in [0.1, 0.15) is 13.8 Å². The maximum absolute atomic E-state index is 12.3. The number of anilines is 1. The zero-order valence-corrected chi connectivity index (χ0v) is 14.0. The normalized spacial score (nSPS) is 14.5. The molecule has 0 atom stereocenters. The van der Waals surface area contributed by atoms with E-state index in [0.29, 0.717) is 26.2 Å². The Labute approximate surface area is 138 Å². The van der Waals surface area contributed by atoms with E-state index >= 15 is 0 Å². The second-order valence-corrected chi connectivity index (χ2v) is 5.54. The predicted octanol–water partition coefficient (Wildman–Crippen LogP) is 1.70. The lowest BCUT2D eigenvalue weighted by Gasteiger charge is -2.37. The van der Waals surface area contributed by atoms with E-state index in [1.165, 1.54) is 0 Å². The fourth-order valence-electron chi connectivity index (χ4n) is 2.69. The van der Waals surface area contributed by atoms with Crippen molar-refractivity contribution in [3.8, 4) is 0 Å². The van der Waals surface area contributed by atoms with Crippen LogP contribution in [0.4, 0.5) is 10.5 Å². The number of piperazine rings is 1. The first-order valence-corrected chi connectivity index (χ1v) is 8.26. The van der Waals surface area contributed by atoms with Gasteiger partial charge in [-0.15, -0.1) is 0 Å². The Balaban J connectivity index is 1.77. The quantitative estimate of drug-likeness (QED) is 0.899. The van der Waals surface area contributed by atoms with Gasteiger partial charge in [-0.25, -0.2) is 4.79 Å². The molecule has 0 aromatic heterocycles. The van der Waals surface area contributed by atoms with E-state index in [9.17, 15) is 9.59 Å². The summed E-state index contributed by atoms with van der Waals surface area (Å²) < 4.78 is 0. The number of hydrogen-bond acceptors (Lipinski definition) is 3. The molecule has 6 nitrogen and oxygen atoms in total. The Hall–Kier alpha value is -2.24. The van der Waals surface area contributed by atoms with Crippen molar-refractivity contribution < 1.29 is 9.59 Å². The van der Waals surface area contributed by atoms with Gasteiger partial charge in [0.1, 0.15) is 0 Å². The maximum atomic E-state index is 12.3. The number of urea groups is 1. The molecular formula is C17H26N4O2. The number of nitrogens with one attached hydrogen (secondary N) is 1. The molecule has 23 heavy (non-hydrogen) atoms. The van der Waals surface area contributed by atoms with Gasteiger partial charge >= 0.3 is 6.03 Å². The van der Waals surface area contributed by atoms with Gasteiger partial charge in [-0.3, -0.25) is 4.79 Å². The summed E-state index contributed by atoms with van der Waals surface area (Å²) in [7, 11) is 0. The molecular weight excluding hydrogens is 292 g/mol. The van der Waals surface area contributed by atoms with Crippen LogP contribution in [-0.4, -0.2) is 72.5 Å². The van der Waals surface area contributed by atoms with Gasteiger partial charge in [0.25, 0.3) is 0 Å². The van der Waals surface area contributed by atoms with Crippen LogP contribution >= 0.6 is 0 Å². The molecule has 6 heteroatoms. The van der Waals surface area contributed by atoms with Crippen LogP contribution < -0.4 is 5.32 Å². The highest BCUT2D eigenvalue weighted by Gasteiger charge is 2.25. The summed E-state index contributed by atoms with van der Waals surface area (Å²) in [6.45, 7) is 8.09. The van der Waals surface area contributed by atoms with Crippen molar-refractivity contribution in [1.29, 1.82) is 0 Å². The molecule has 1 fully saturated rings. The Morgan fingerprint density at radius 3 is 2.13 bits per heavy atom. The molecule has 1 aromatic rings. The first-order chi connectivity index (χ1) is 11.2. The van der Waals surface area contributed by atoms with Crippen molar-refractivity contribution >= 4 is 17.6 Å². The number of para-hydroxylation sites is 1. The van der Waals surface area contributed by atoms with E-state index in [2.05, 4.69) is 5.32 Å². The fourth-order valence-corrected chi connectivity index (χ4v) is 2.69. The molecule has 0 aliphatic carbocycles. The van der Waals surface area contributed by atoms with Gasteiger partial charge in [-0.1, -0.05) is 18.2 Å². The molecule has 126 valence electrons. The van der Waals surface area contributed by atoms with Gasteiger partial charge in [0, 0.05) is 45.0 Å². The molecule has 1 aliphatic heterocycles. The Morgan fingerprint density at radius 2 is 1.57 bits per heavy atom. The van der Waals surface area contributed by atoms with Crippen LogP contribution in [0.2, 0.25) is 0 Å². The second kappa shape index (κ2) is 8.41. The van der Waals surface area contributed by atoms with E-state index < -0.39 is 0 Å². The molecule has 0 saturated carbocycles. The lowest BCUT2D eigenvalue weighted by Crippen LogP contribution is -2.54. The lowest BCUT2D eigenvalue weighted by atomic mass is 10.3. The average molecular weight is 318 g/mol. The first kappa shape index (κ1) is 17.1. The number of benzene rings is 1. The van der Waals surface area contributed by atoms with Crippen molar-refractivity contribution in [2.75, 3.05) is 51.1 Å². The van der Waals surface area contributed by atoms with Crippen LogP contribution in [0.5, 0.6) is 0 Å². The van der Waals surface area contributed by atoms with Crippen LogP contribution in [0.3, 0.4) is 0 Å². The van der Waals surface area contributed by atoms with Crippen molar-refractivity contribution in [2.24, 2.45) is 0 Å². The summed E-state index contributed by atoms with van der Waals surface area (Å²) in [5.74, 6) is 0.0730. The van der Waals surface area contributed by atoms with Gasteiger partial charge in [0.15, 0.2) is 0 Å². The third-order valence-electron chi connectivity index (χ3n) is 4.15. The summed E-state index contributed by atoms with van der Waals surface area (Å²) >= 11 is 0. The monoisotopic (exact) mass is 318 g/mol. The van der Waals surface area contributed by atoms with Gasteiger partial charge in [-0.05, 0) is 26.0 Å². The molecule has 3 amide bonds. The first-order valence-electron chi connectivity index (χ1n) is 8.26. The summed E-state index contributed by atoms with van der Waals surface area (Å²) in [6, 6.07) is 9.76. The maximum Gasteiger partial charge on any atom is 0.320 e. The highest BCUT2D eigenvalue weighted by Crippen LogP contribution is 2.08. The Morgan fingerprint density at radius 1 is 1.00 bits per heavy atom. The summed E-state index contributed by atoms with van der Waals surface area (Å²) in [5.41, 5.74) is 0.941. The summed E-state index contributed by atoms with van der Waals surface area (Å²) in [6.07, 6.45) is 0. The highest BCUT2D eigenvalue weighted by atomic mass is 16.2. The van der Waals surface area contributed by atoms with Crippen LogP contribution in [0, 0.1) is 0 Å². The van der Waals surface area contributed by atoms with Crippen molar-refractivity contribution in [3.05, 3.63) is 30.3 Å². The average Bonchev–Trinajstić information content (AvgIpc) is 2.61. The molecule has 1 aromatic carbocycles. The number of amides is 3. The van der Waals surface area contributed by atoms with Crippen molar-refractivity contribution in [3.63, 3.8) is 0 Å². The zero-order chi connectivity index (χ0) is 16.7. The molecule has 1 heterocycles. The van der Waals surface area contributed by atoms with Gasteiger partial charge in [0.05, 0.1) is 6.54 Å². The van der Waals surface area contributed by atoms with Crippen molar-refractivity contribution in [2.45, 2.75) is 13.8 Å². The number of rotatable bonds is 5. The van der Waals surface area contributed by atoms with E-state index in [1.807, 2.05) is 58.9 Å². The second-order valence-electron chi connectivity index (χ2n) is 5.54. The molecule has 2 rings (SSSR count). The SMILES string of the molecule is CCN(CC)C(=O)N1CCN(C(=O)CNc2ccccc2)CC1. The molecule has 0 bridgehead atoms. The minimum atomic E-state index is 0.0730. The van der Waals surface area contributed by atoms with Crippen LogP contribution in [0.15, 0.2) is 30.3 Å². The van der Waals surface area contributed by atoms with Gasteiger partial charge in [0.2, 0.25) is 5.91 Å². The third kappa shape index (κ3) is 4.61. The minimum absolute atomic E-state index is 0.0730. The van der Waals surface area contributed by atoms with E-state index in [0.717, 1.165) is 18.8 Å². The number of nitrogens with zero attached hydrogens (tertiary/aromatic N) is 3. The van der Waals surface area contributed by atoms with Crippen molar-refractivity contribution in [1.82, 2.24) is 14.7 Å². The highest BCUT2D eigenvalue weighted by molar-refractivity contribution is 5.81. The largest absolute Gasteiger partial charge is 0.376 e. The molecule has 0 radical (unpaired) electrons. The Kier molecular flexibility index (Phi) is 6.26. The standard InChI is InChI=1S/C17H26N4O2/c1-3-19(4-2)17(23)21-12-10-20(11-13-21)16(22)14-18-15-8-6-5-7-9-15/h5-9,18H,3-4,10-14H2,1-2H3. The minimum Gasteiger partial charge on any atom is -0.376 e. The van der Waals surface area contributed by atoms with Gasteiger partial charge in [-0.2, -0.15) is 0 Å². The molecule has 0 unspecified atom stereocenters. The van der Waals surface area contributed by atoms with E-state index in [-0.39, 0.29) is 18.5 Å². The Bertz CT molecular complexity index is 509. The van der Waals surface area contributed by atoms with E-state index in [1.54, 1.807) is 0 Å². The molecule has 0 spiro atoms.